The first-order valence-electron chi connectivity index (χ1n) is 6.62. The Morgan fingerprint density at radius 1 is 1.29 bits per heavy atom. The predicted molar refractivity (Wildman–Crippen MR) is 84.1 cm³/mol. The lowest BCUT2D eigenvalue weighted by atomic mass is 10.1. The van der Waals surface area contributed by atoms with Crippen LogP contribution in [0.5, 0.6) is 0 Å². The van der Waals surface area contributed by atoms with Crippen LogP contribution in [-0.2, 0) is 5.75 Å². The van der Waals surface area contributed by atoms with Gasteiger partial charge in [-0.25, -0.2) is 9.97 Å². The van der Waals surface area contributed by atoms with E-state index in [9.17, 15) is 5.26 Å². The Bertz CT molecular complexity index is 705. The van der Waals surface area contributed by atoms with E-state index in [-0.39, 0.29) is 5.82 Å². The maximum Gasteiger partial charge on any atom is 0.190 e. The van der Waals surface area contributed by atoms with Crippen LogP contribution in [0.1, 0.15) is 35.6 Å². The van der Waals surface area contributed by atoms with Gasteiger partial charge in [0.25, 0.3) is 0 Å². The first-order chi connectivity index (χ1) is 10.2. The van der Waals surface area contributed by atoms with Crippen LogP contribution in [0, 0.1) is 11.3 Å². The van der Waals surface area contributed by atoms with Gasteiger partial charge in [0, 0.05) is 16.7 Å². The standard InChI is InChI=1S/C15H13ClN4S/c16-11-5-1-9(2-6-11)8-21-15-19-13(10-3-4-10)12(7-17)14(18)20-15/h1-2,5-6,10H,3-4,8H2,(H2,18,19,20). The van der Waals surface area contributed by atoms with Crippen molar-refractivity contribution in [3.05, 3.63) is 46.1 Å². The summed E-state index contributed by atoms with van der Waals surface area (Å²) in [6, 6.07) is 9.80. The zero-order valence-corrected chi connectivity index (χ0v) is 12.8. The minimum Gasteiger partial charge on any atom is -0.382 e. The number of nitrogens with zero attached hydrogens (tertiary/aromatic N) is 3. The number of hydrogen-bond acceptors (Lipinski definition) is 5. The maximum atomic E-state index is 9.17. The molecule has 0 saturated heterocycles. The molecule has 0 amide bonds. The summed E-state index contributed by atoms with van der Waals surface area (Å²) in [5.74, 6) is 1.40. The maximum absolute atomic E-state index is 9.17. The molecule has 1 aromatic carbocycles. The second-order valence-corrected chi connectivity index (χ2v) is 6.33. The molecule has 1 aliphatic rings. The first-order valence-corrected chi connectivity index (χ1v) is 7.98. The molecule has 3 rings (SSSR count). The number of benzene rings is 1. The average molecular weight is 317 g/mol. The number of aromatic nitrogens is 2. The smallest absolute Gasteiger partial charge is 0.190 e. The number of nitrogens with two attached hydrogens (primary N) is 1. The predicted octanol–water partition coefficient (Wildman–Crippen LogP) is 3.75. The summed E-state index contributed by atoms with van der Waals surface area (Å²) < 4.78 is 0. The van der Waals surface area contributed by atoms with Crippen LogP contribution in [0.3, 0.4) is 0 Å². The summed E-state index contributed by atoms with van der Waals surface area (Å²) in [5, 5.41) is 10.5. The van der Waals surface area contributed by atoms with E-state index in [1.807, 2.05) is 24.3 Å². The van der Waals surface area contributed by atoms with Crippen LogP contribution in [0.2, 0.25) is 5.02 Å². The number of thioether (sulfide) groups is 1. The molecule has 0 atom stereocenters. The zero-order chi connectivity index (χ0) is 14.8. The van der Waals surface area contributed by atoms with Gasteiger partial charge in [-0.2, -0.15) is 5.26 Å². The van der Waals surface area contributed by atoms with Crippen molar-refractivity contribution < 1.29 is 0 Å². The summed E-state index contributed by atoms with van der Waals surface area (Å²) in [7, 11) is 0. The van der Waals surface area contributed by atoms with Gasteiger partial charge in [-0.1, -0.05) is 35.5 Å². The molecule has 1 saturated carbocycles. The van der Waals surface area contributed by atoms with E-state index in [2.05, 4.69) is 16.0 Å². The quantitative estimate of drug-likeness (QED) is 0.686. The van der Waals surface area contributed by atoms with Gasteiger partial charge in [-0.3, -0.25) is 0 Å². The Morgan fingerprint density at radius 2 is 2.00 bits per heavy atom. The molecule has 0 radical (unpaired) electrons. The van der Waals surface area contributed by atoms with E-state index in [4.69, 9.17) is 17.3 Å². The molecule has 1 aliphatic carbocycles. The van der Waals surface area contributed by atoms with Gasteiger partial charge in [0.1, 0.15) is 17.5 Å². The number of hydrogen-bond donors (Lipinski definition) is 1. The van der Waals surface area contributed by atoms with E-state index < -0.39 is 0 Å². The third-order valence-corrected chi connectivity index (χ3v) is 4.47. The Labute approximate surface area is 132 Å². The number of rotatable bonds is 4. The average Bonchev–Trinajstić information content (AvgIpc) is 3.30. The zero-order valence-electron chi connectivity index (χ0n) is 11.2. The third kappa shape index (κ3) is 3.29. The van der Waals surface area contributed by atoms with Gasteiger partial charge >= 0.3 is 0 Å². The van der Waals surface area contributed by atoms with E-state index in [0.717, 1.165) is 34.9 Å². The second kappa shape index (κ2) is 5.92. The molecule has 0 spiro atoms. The van der Waals surface area contributed by atoms with Crippen LogP contribution < -0.4 is 5.73 Å². The van der Waals surface area contributed by atoms with Crippen LogP contribution >= 0.6 is 23.4 Å². The molecular weight excluding hydrogens is 304 g/mol. The molecule has 1 heterocycles. The van der Waals surface area contributed by atoms with Crippen molar-refractivity contribution >= 4 is 29.2 Å². The number of anilines is 1. The van der Waals surface area contributed by atoms with Crippen molar-refractivity contribution in [2.45, 2.75) is 29.7 Å². The van der Waals surface area contributed by atoms with E-state index in [0.29, 0.717) is 16.6 Å². The van der Waals surface area contributed by atoms with Crippen molar-refractivity contribution in [3.8, 4) is 6.07 Å². The Hall–Kier alpha value is -1.77. The summed E-state index contributed by atoms with van der Waals surface area (Å²) in [5.41, 5.74) is 8.27. The molecule has 2 aromatic rings. The van der Waals surface area contributed by atoms with Crippen LogP contribution in [0.4, 0.5) is 5.82 Å². The van der Waals surface area contributed by atoms with E-state index >= 15 is 0 Å². The van der Waals surface area contributed by atoms with Gasteiger partial charge in [0.05, 0.1) is 5.69 Å². The summed E-state index contributed by atoms with van der Waals surface area (Å²) in [4.78, 5) is 8.75. The first kappa shape index (κ1) is 14.2. The van der Waals surface area contributed by atoms with Crippen molar-refractivity contribution in [3.63, 3.8) is 0 Å². The molecular formula is C15H13ClN4S. The molecule has 0 unspecified atom stereocenters. The minimum absolute atomic E-state index is 0.285. The van der Waals surface area contributed by atoms with Crippen molar-refractivity contribution in [1.82, 2.24) is 9.97 Å². The number of nitrogen functional groups attached to an aromatic ring is 1. The molecule has 0 bridgehead atoms. The number of halogens is 1. The van der Waals surface area contributed by atoms with Crippen LogP contribution in [0.25, 0.3) is 0 Å². The molecule has 0 aliphatic heterocycles. The SMILES string of the molecule is N#Cc1c(N)nc(SCc2ccc(Cl)cc2)nc1C1CC1. The highest BCUT2D eigenvalue weighted by Gasteiger charge is 2.29. The van der Waals surface area contributed by atoms with Gasteiger partial charge in [0.15, 0.2) is 5.16 Å². The topological polar surface area (TPSA) is 75.6 Å². The summed E-state index contributed by atoms with van der Waals surface area (Å²) in [6.07, 6.45) is 2.15. The Balaban J connectivity index is 1.79. The van der Waals surface area contributed by atoms with Gasteiger partial charge in [0.2, 0.25) is 0 Å². The summed E-state index contributed by atoms with van der Waals surface area (Å²) in [6.45, 7) is 0. The molecule has 4 nitrogen and oxygen atoms in total. The lowest BCUT2D eigenvalue weighted by Gasteiger charge is -2.07. The molecule has 106 valence electrons. The number of nitriles is 1. The highest BCUT2D eigenvalue weighted by atomic mass is 35.5. The van der Waals surface area contributed by atoms with Crippen molar-refractivity contribution in [1.29, 1.82) is 5.26 Å². The lowest BCUT2D eigenvalue weighted by Crippen LogP contribution is -2.04. The highest BCUT2D eigenvalue weighted by Crippen LogP contribution is 2.42. The minimum atomic E-state index is 0.285. The fourth-order valence-corrected chi connectivity index (χ4v) is 2.97. The van der Waals surface area contributed by atoms with Gasteiger partial charge in [-0.05, 0) is 30.5 Å². The molecule has 6 heteroatoms. The molecule has 1 fully saturated rings. The van der Waals surface area contributed by atoms with Crippen molar-refractivity contribution in [2.24, 2.45) is 0 Å². The molecule has 2 N–H and O–H groups in total. The van der Waals surface area contributed by atoms with Gasteiger partial charge < -0.3 is 5.73 Å². The van der Waals surface area contributed by atoms with Crippen molar-refractivity contribution in [2.75, 3.05) is 5.73 Å². The monoisotopic (exact) mass is 316 g/mol. The largest absolute Gasteiger partial charge is 0.382 e. The fraction of sp³-hybridized carbons (Fsp3) is 0.267. The lowest BCUT2D eigenvalue weighted by molar-refractivity contribution is 0.881. The highest BCUT2D eigenvalue weighted by molar-refractivity contribution is 7.98. The summed E-state index contributed by atoms with van der Waals surface area (Å²) >= 11 is 7.38. The van der Waals surface area contributed by atoms with E-state index in [1.165, 1.54) is 11.8 Å². The molecule has 21 heavy (non-hydrogen) atoms. The van der Waals surface area contributed by atoms with Gasteiger partial charge in [-0.15, -0.1) is 0 Å². The molecule has 1 aromatic heterocycles. The van der Waals surface area contributed by atoms with Crippen LogP contribution in [0.15, 0.2) is 29.4 Å². The fourth-order valence-electron chi connectivity index (χ4n) is 2.03. The Morgan fingerprint density at radius 3 is 2.62 bits per heavy atom. The normalized spacial score (nSPS) is 13.9. The second-order valence-electron chi connectivity index (χ2n) is 4.95. The van der Waals surface area contributed by atoms with Crippen LogP contribution in [-0.4, -0.2) is 9.97 Å². The Kier molecular flexibility index (Phi) is 4.00. The third-order valence-electron chi connectivity index (χ3n) is 3.30. The van der Waals surface area contributed by atoms with E-state index in [1.54, 1.807) is 0 Å².